The number of aliphatic hydroxyl groups is 1. The molecule has 1 aromatic rings. The van der Waals surface area contributed by atoms with Crippen LogP contribution in [0, 0.1) is 6.92 Å². The van der Waals surface area contributed by atoms with Gasteiger partial charge in [0.1, 0.15) is 0 Å². The molecule has 0 aliphatic heterocycles. The zero-order chi connectivity index (χ0) is 13.2. The van der Waals surface area contributed by atoms with Crippen molar-refractivity contribution >= 4 is 26.0 Å². The molecule has 0 amide bonds. The largest absolute Gasteiger partial charge is 0.392 e. The first-order valence-corrected chi connectivity index (χ1v) is 7.39. The van der Waals surface area contributed by atoms with Gasteiger partial charge >= 0.3 is 0 Å². The van der Waals surface area contributed by atoms with Crippen LogP contribution in [0.5, 0.6) is 0 Å². The van der Waals surface area contributed by atoms with Gasteiger partial charge in [-0.2, -0.15) is 4.31 Å². The molecule has 0 bridgehead atoms. The normalized spacial score (nSPS) is 14.0. The first-order chi connectivity index (χ1) is 7.75. The Hall–Kier alpha value is -0.430. The Labute approximate surface area is 110 Å². The highest BCUT2D eigenvalue weighted by Gasteiger charge is 2.23. The number of likely N-dealkylation sites (N-methyl/N-ethyl adjacent to an activating group) is 1. The highest BCUT2D eigenvalue weighted by atomic mass is 79.9. The number of halogens is 1. The van der Waals surface area contributed by atoms with Gasteiger partial charge < -0.3 is 5.11 Å². The predicted octanol–water partition coefficient (Wildman–Crippen LogP) is 1.76. The van der Waals surface area contributed by atoms with Gasteiger partial charge in [0, 0.05) is 18.1 Å². The van der Waals surface area contributed by atoms with Gasteiger partial charge in [-0.05, 0) is 37.6 Å². The Morgan fingerprint density at radius 2 is 2.06 bits per heavy atom. The van der Waals surface area contributed by atoms with Gasteiger partial charge in [0.05, 0.1) is 11.0 Å². The molecule has 0 fully saturated rings. The van der Waals surface area contributed by atoms with Crippen LogP contribution < -0.4 is 0 Å². The van der Waals surface area contributed by atoms with Crippen molar-refractivity contribution in [3.63, 3.8) is 0 Å². The molecule has 6 heteroatoms. The summed E-state index contributed by atoms with van der Waals surface area (Å²) >= 11 is 3.29. The fourth-order valence-corrected chi connectivity index (χ4v) is 3.47. The standard InChI is InChI=1S/C11H16BrNO3S/c1-8-6-10(12)4-5-11(8)17(15,16)13(3)7-9(2)14/h4-6,9,14H,7H2,1-3H3/t9-/m1/s1. The van der Waals surface area contributed by atoms with Crippen molar-refractivity contribution in [2.24, 2.45) is 0 Å². The monoisotopic (exact) mass is 321 g/mol. The van der Waals surface area contributed by atoms with Gasteiger partial charge in [0.25, 0.3) is 0 Å². The van der Waals surface area contributed by atoms with E-state index < -0.39 is 16.1 Å². The van der Waals surface area contributed by atoms with Crippen molar-refractivity contribution in [2.45, 2.75) is 24.8 Å². The van der Waals surface area contributed by atoms with E-state index in [1.165, 1.54) is 7.05 Å². The first kappa shape index (κ1) is 14.6. The number of nitrogens with zero attached hydrogens (tertiary/aromatic N) is 1. The quantitative estimate of drug-likeness (QED) is 0.919. The summed E-state index contributed by atoms with van der Waals surface area (Å²) < 4.78 is 26.4. The highest BCUT2D eigenvalue weighted by molar-refractivity contribution is 9.10. The van der Waals surface area contributed by atoms with Crippen LogP contribution in [0.3, 0.4) is 0 Å². The first-order valence-electron chi connectivity index (χ1n) is 5.15. The maximum Gasteiger partial charge on any atom is 0.243 e. The molecule has 0 unspecified atom stereocenters. The fraction of sp³-hybridized carbons (Fsp3) is 0.455. The molecule has 1 N–H and O–H groups in total. The molecule has 0 saturated heterocycles. The lowest BCUT2D eigenvalue weighted by atomic mass is 10.2. The van der Waals surface area contributed by atoms with Crippen LogP contribution in [-0.4, -0.2) is 37.5 Å². The molecule has 0 heterocycles. The Balaban J connectivity index is 3.13. The summed E-state index contributed by atoms with van der Waals surface area (Å²) in [6.45, 7) is 3.38. The van der Waals surface area contributed by atoms with Gasteiger partial charge in [0.2, 0.25) is 10.0 Å². The van der Waals surface area contributed by atoms with Crippen molar-refractivity contribution in [2.75, 3.05) is 13.6 Å². The summed E-state index contributed by atoms with van der Waals surface area (Å²) in [6.07, 6.45) is -0.689. The molecule has 0 aromatic heterocycles. The third kappa shape index (κ3) is 3.51. The summed E-state index contributed by atoms with van der Waals surface area (Å²) in [5.41, 5.74) is 0.678. The molecule has 4 nitrogen and oxygen atoms in total. The van der Waals surface area contributed by atoms with Crippen LogP contribution in [0.2, 0.25) is 0 Å². The second-order valence-corrected chi connectivity index (χ2v) is 6.97. The zero-order valence-corrected chi connectivity index (χ0v) is 12.4. The topological polar surface area (TPSA) is 57.6 Å². The van der Waals surface area contributed by atoms with Crippen molar-refractivity contribution in [1.82, 2.24) is 4.31 Å². The van der Waals surface area contributed by atoms with Crippen LogP contribution >= 0.6 is 15.9 Å². The smallest absolute Gasteiger partial charge is 0.243 e. The van der Waals surface area contributed by atoms with E-state index in [4.69, 9.17) is 0 Å². The zero-order valence-electron chi connectivity index (χ0n) is 10.0. The summed E-state index contributed by atoms with van der Waals surface area (Å²) in [6, 6.07) is 5.01. The number of hydrogen-bond donors (Lipinski definition) is 1. The molecular weight excluding hydrogens is 306 g/mol. The number of rotatable bonds is 4. The van der Waals surface area contributed by atoms with E-state index in [1.54, 1.807) is 32.0 Å². The van der Waals surface area contributed by atoms with Crippen LogP contribution in [0.15, 0.2) is 27.6 Å². The molecule has 96 valence electrons. The van der Waals surface area contributed by atoms with Crippen LogP contribution in [0.1, 0.15) is 12.5 Å². The Kier molecular flexibility index (Phi) is 4.71. The van der Waals surface area contributed by atoms with Gasteiger partial charge in [-0.3, -0.25) is 0 Å². The van der Waals surface area contributed by atoms with E-state index in [-0.39, 0.29) is 11.4 Å². The SMILES string of the molecule is Cc1cc(Br)ccc1S(=O)(=O)N(C)C[C@@H](C)O. The van der Waals surface area contributed by atoms with E-state index in [1.807, 2.05) is 0 Å². The summed E-state index contributed by atoms with van der Waals surface area (Å²) in [7, 11) is -2.07. The molecule has 1 rings (SSSR count). The number of aliphatic hydroxyl groups excluding tert-OH is 1. The second kappa shape index (κ2) is 5.48. The minimum absolute atomic E-state index is 0.0812. The average Bonchev–Trinajstić information content (AvgIpc) is 2.15. The summed E-state index contributed by atoms with van der Waals surface area (Å²) in [5, 5.41) is 9.23. The maximum atomic E-state index is 12.2. The molecule has 1 atom stereocenters. The molecule has 1 aromatic carbocycles. The third-order valence-corrected chi connectivity index (χ3v) is 4.82. The van der Waals surface area contributed by atoms with E-state index in [9.17, 15) is 13.5 Å². The van der Waals surface area contributed by atoms with E-state index >= 15 is 0 Å². The number of benzene rings is 1. The van der Waals surface area contributed by atoms with E-state index in [0.29, 0.717) is 5.56 Å². The Bertz CT molecular complexity index is 499. The molecule has 17 heavy (non-hydrogen) atoms. The molecule has 0 radical (unpaired) electrons. The van der Waals surface area contributed by atoms with Crippen molar-refractivity contribution in [1.29, 1.82) is 0 Å². The van der Waals surface area contributed by atoms with Crippen molar-refractivity contribution in [3.8, 4) is 0 Å². The lowest BCUT2D eigenvalue weighted by molar-refractivity contribution is 0.171. The average molecular weight is 322 g/mol. The fourth-order valence-electron chi connectivity index (χ4n) is 1.54. The van der Waals surface area contributed by atoms with E-state index in [0.717, 1.165) is 8.78 Å². The van der Waals surface area contributed by atoms with Gasteiger partial charge in [-0.1, -0.05) is 15.9 Å². The molecule has 0 spiro atoms. The van der Waals surface area contributed by atoms with Gasteiger partial charge in [-0.15, -0.1) is 0 Å². The van der Waals surface area contributed by atoms with Gasteiger partial charge in [0.15, 0.2) is 0 Å². The molecular formula is C11H16BrNO3S. The van der Waals surface area contributed by atoms with Gasteiger partial charge in [-0.25, -0.2) is 8.42 Å². The van der Waals surface area contributed by atoms with E-state index in [2.05, 4.69) is 15.9 Å². The van der Waals surface area contributed by atoms with Crippen molar-refractivity contribution < 1.29 is 13.5 Å². The predicted molar refractivity (Wildman–Crippen MR) is 70.4 cm³/mol. The van der Waals surface area contributed by atoms with Crippen molar-refractivity contribution in [3.05, 3.63) is 28.2 Å². The lowest BCUT2D eigenvalue weighted by Gasteiger charge is -2.19. The minimum Gasteiger partial charge on any atom is -0.392 e. The van der Waals surface area contributed by atoms with Crippen LogP contribution in [0.25, 0.3) is 0 Å². The Morgan fingerprint density at radius 1 is 1.47 bits per heavy atom. The second-order valence-electron chi connectivity index (χ2n) is 4.04. The number of aryl methyl sites for hydroxylation is 1. The number of hydrogen-bond acceptors (Lipinski definition) is 3. The summed E-state index contributed by atoms with van der Waals surface area (Å²) in [5.74, 6) is 0. The summed E-state index contributed by atoms with van der Waals surface area (Å²) in [4.78, 5) is 0.267. The maximum absolute atomic E-state index is 12.2. The van der Waals surface area contributed by atoms with Crippen LogP contribution in [0.4, 0.5) is 0 Å². The van der Waals surface area contributed by atoms with Crippen LogP contribution in [-0.2, 0) is 10.0 Å². The molecule has 0 aliphatic rings. The Morgan fingerprint density at radius 3 is 2.53 bits per heavy atom. The highest BCUT2D eigenvalue weighted by Crippen LogP contribution is 2.22. The third-order valence-electron chi connectivity index (χ3n) is 2.35. The number of sulfonamides is 1. The molecule has 0 aliphatic carbocycles. The molecule has 0 saturated carbocycles. The minimum atomic E-state index is -3.53. The lowest BCUT2D eigenvalue weighted by Crippen LogP contribution is -2.33.